The van der Waals surface area contributed by atoms with Gasteiger partial charge in [-0.05, 0) is 31.4 Å². The van der Waals surface area contributed by atoms with Gasteiger partial charge in [0.1, 0.15) is 12.4 Å². The van der Waals surface area contributed by atoms with E-state index in [-0.39, 0.29) is 11.9 Å². The Bertz CT molecular complexity index is 489. The largest absolute Gasteiger partial charge is 0.491 e. The van der Waals surface area contributed by atoms with E-state index < -0.39 is 0 Å². The van der Waals surface area contributed by atoms with Crippen LogP contribution in [0.2, 0.25) is 0 Å². The average molecular weight is 274 g/mol. The van der Waals surface area contributed by atoms with Gasteiger partial charge in [-0.2, -0.15) is 0 Å². The minimum atomic E-state index is -0.0333. The van der Waals surface area contributed by atoms with Gasteiger partial charge in [-0.3, -0.25) is 4.79 Å². The molecule has 0 spiro atoms. The van der Waals surface area contributed by atoms with Gasteiger partial charge in [-0.25, -0.2) is 0 Å². The zero-order chi connectivity index (χ0) is 13.9. The molecule has 0 radical (unpaired) electrons. The van der Waals surface area contributed by atoms with Crippen molar-refractivity contribution in [3.05, 3.63) is 29.8 Å². The maximum absolute atomic E-state index is 12.7. The first-order chi connectivity index (χ1) is 9.75. The molecule has 1 amide bonds. The van der Waals surface area contributed by atoms with Crippen LogP contribution >= 0.6 is 0 Å². The second-order valence-corrected chi connectivity index (χ2v) is 5.77. The maximum Gasteiger partial charge on any atom is 0.240 e. The van der Waals surface area contributed by atoms with E-state index in [4.69, 9.17) is 4.74 Å². The average Bonchev–Trinajstić information content (AvgIpc) is 2.69. The number of nitrogens with zero attached hydrogens (tertiary/aromatic N) is 1. The highest BCUT2D eigenvalue weighted by Gasteiger charge is 2.31. The summed E-state index contributed by atoms with van der Waals surface area (Å²) in [7, 11) is 0. The fraction of sp³-hybridized carbons (Fsp3) is 0.562. The van der Waals surface area contributed by atoms with Gasteiger partial charge in [0.15, 0.2) is 0 Å². The first-order valence-corrected chi connectivity index (χ1v) is 7.48. The van der Waals surface area contributed by atoms with Crippen molar-refractivity contribution in [3.63, 3.8) is 0 Å². The smallest absolute Gasteiger partial charge is 0.240 e. The summed E-state index contributed by atoms with van der Waals surface area (Å²) in [5.74, 6) is 1.54. The minimum Gasteiger partial charge on any atom is -0.491 e. The molecule has 20 heavy (non-hydrogen) atoms. The Balaban J connectivity index is 1.75. The normalized spacial score (nSPS) is 26.4. The molecule has 2 atom stereocenters. The number of carbonyl (C=O) groups is 1. The van der Waals surface area contributed by atoms with Crippen molar-refractivity contribution in [1.29, 1.82) is 0 Å². The second kappa shape index (κ2) is 5.83. The lowest BCUT2D eigenvalue weighted by atomic mass is 9.91. The SMILES string of the molecule is CC1CCCNC1C(=O)N1CCOc2ccccc2C1. The lowest BCUT2D eigenvalue weighted by Crippen LogP contribution is -2.52. The van der Waals surface area contributed by atoms with Crippen molar-refractivity contribution in [2.45, 2.75) is 32.4 Å². The van der Waals surface area contributed by atoms with Crippen LogP contribution in [0.4, 0.5) is 0 Å². The van der Waals surface area contributed by atoms with Gasteiger partial charge < -0.3 is 15.0 Å². The van der Waals surface area contributed by atoms with E-state index in [1.54, 1.807) is 0 Å². The molecule has 2 unspecified atom stereocenters. The number of piperidine rings is 1. The number of fused-ring (bicyclic) bond motifs is 1. The molecule has 4 nitrogen and oxygen atoms in total. The highest BCUT2D eigenvalue weighted by molar-refractivity contribution is 5.82. The van der Waals surface area contributed by atoms with Crippen molar-refractivity contribution in [1.82, 2.24) is 10.2 Å². The van der Waals surface area contributed by atoms with Crippen molar-refractivity contribution < 1.29 is 9.53 Å². The zero-order valence-corrected chi connectivity index (χ0v) is 12.0. The Labute approximate surface area is 120 Å². The topological polar surface area (TPSA) is 41.6 Å². The van der Waals surface area contributed by atoms with Gasteiger partial charge in [0, 0.05) is 12.1 Å². The Morgan fingerprint density at radius 1 is 1.40 bits per heavy atom. The molecular weight excluding hydrogens is 252 g/mol. The summed E-state index contributed by atoms with van der Waals surface area (Å²) in [6.45, 7) is 5.00. The molecule has 3 rings (SSSR count). The molecule has 1 N–H and O–H groups in total. The summed E-state index contributed by atoms with van der Waals surface area (Å²) >= 11 is 0. The quantitative estimate of drug-likeness (QED) is 0.849. The highest BCUT2D eigenvalue weighted by atomic mass is 16.5. The van der Waals surface area contributed by atoms with E-state index in [9.17, 15) is 4.79 Å². The lowest BCUT2D eigenvalue weighted by molar-refractivity contribution is -0.136. The van der Waals surface area contributed by atoms with E-state index in [0.717, 1.165) is 30.7 Å². The van der Waals surface area contributed by atoms with Crippen molar-refractivity contribution in [3.8, 4) is 5.75 Å². The number of para-hydroxylation sites is 1. The lowest BCUT2D eigenvalue weighted by Gasteiger charge is -2.33. The molecule has 2 heterocycles. The van der Waals surface area contributed by atoms with Crippen LogP contribution in [0.3, 0.4) is 0 Å². The van der Waals surface area contributed by atoms with Crippen molar-refractivity contribution >= 4 is 5.91 Å². The van der Waals surface area contributed by atoms with Crippen LogP contribution in [-0.2, 0) is 11.3 Å². The molecule has 2 aliphatic rings. The summed E-state index contributed by atoms with van der Waals surface area (Å²) in [5, 5.41) is 3.38. The van der Waals surface area contributed by atoms with Crippen molar-refractivity contribution in [2.75, 3.05) is 19.7 Å². The molecule has 0 aromatic heterocycles. The number of nitrogens with one attached hydrogen (secondary N) is 1. The monoisotopic (exact) mass is 274 g/mol. The van der Waals surface area contributed by atoms with Gasteiger partial charge in [-0.1, -0.05) is 25.1 Å². The second-order valence-electron chi connectivity index (χ2n) is 5.77. The molecule has 1 fully saturated rings. The number of hydrogen-bond donors (Lipinski definition) is 1. The number of amides is 1. The standard InChI is InChI=1S/C16H22N2O2/c1-12-5-4-8-17-15(12)16(19)18-9-10-20-14-7-3-2-6-13(14)11-18/h2-3,6-7,12,15,17H,4-5,8-11H2,1H3. The molecule has 1 aromatic carbocycles. The fourth-order valence-corrected chi connectivity index (χ4v) is 3.09. The van der Waals surface area contributed by atoms with E-state index in [1.165, 1.54) is 0 Å². The van der Waals surface area contributed by atoms with Crippen LogP contribution in [0, 0.1) is 5.92 Å². The summed E-state index contributed by atoms with van der Waals surface area (Å²) in [4.78, 5) is 14.7. The summed E-state index contributed by atoms with van der Waals surface area (Å²) in [5.41, 5.74) is 1.10. The zero-order valence-electron chi connectivity index (χ0n) is 12.0. The molecule has 4 heteroatoms. The molecule has 1 aromatic rings. The third kappa shape index (κ3) is 2.66. The van der Waals surface area contributed by atoms with Gasteiger partial charge in [0.2, 0.25) is 5.91 Å². The molecule has 108 valence electrons. The number of rotatable bonds is 1. The van der Waals surface area contributed by atoms with Crippen LogP contribution in [0.1, 0.15) is 25.3 Å². The number of carbonyl (C=O) groups excluding carboxylic acids is 1. The van der Waals surface area contributed by atoms with Crippen LogP contribution in [0.5, 0.6) is 5.75 Å². The molecule has 0 aliphatic carbocycles. The van der Waals surface area contributed by atoms with E-state index in [1.807, 2.05) is 29.2 Å². The third-order valence-corrected chi connectivity index (χ3v) is 4.30. The summed E-state index contributed by atoms with van der Waals surface area (Å²) in [6.07, 6.45) is 2.29. The molecule has 1 saturated heterocycles. The minimum absolute atomic E-state index is 0.0333. The Morgan fingerprint density at radius 3 is 3.10 bits per heavy atom. The van der Waals surface area contributed by atoms with Crippen LogP contribution in [0.25, 0.3) is 0 Å². The number of ether oxygens (including phenoxy) is 1. The number of benzene rings is 1. The van der Waals surface area contributed by atoms with E-state index >= 15 is 0 Å². The van der Waals surface area contributed by atoms with Gasteiger partial charge >= 0.3 is 0 Å². The van der Waals surface area contributed by atoms with Crippen LogP contribution < -0.4 is 10.1 Å². The van der Waals surface area contributed by atoms with Crippen molar-refractivity contribution in [2.24, 2.45) is 5.92 Å². The third-order valence-electron chi connectivity index (χ3n) is 4.30. The Hall–Kier alpha value is -1.55. The van der Waals surface area contributed by atoms with Gasteiger partial charge in [0.25, 0.3) is 0 Å². The van der Waals surface area contributed by atoms with Crippen LogP contribution in [-0.4, -0.2) is 36.5 Å². The molecule has 2 aliphatic heterocycles. The first kappa shape index (κ1) is 13.4. The van der Waals surface area contributed by atoms with Gasteiger partial charge in [-0.15, -0.1) is 0 Å². The number of hydrogen-bond acceptors (Lipinski definition) is 3. The van der Waals surface area contributed by atoms with E-state index in [2.05, 4.69) is 12.2 Å². The Kier molecular flexibility index (Phi) is 3.92. The molecular formula is C16H22N2O2. The van der Waals surface area contributed by atoms with Gasteiger partial charge in [0.05, 0.1) is 12.6 Å². The summed E-state index contributed by atoms with van der Waals surface area (Å²) < 4.78 is 5.73. The van der Waals surface area contributed by atoms with E-state index in [0.29, 0.717) is 25.6 Å². The predicted molar refractivity (Wildman–Crippen MR) is 77.5 cm³/mol. The predicted octanol–water partition coefficient (Wildman–Crippen LogP) is 1.80. The highest BCUT2D eigenvalue weighted by Crippen LogP contribution is 2.24. The molecule has 0 bridgehead atoms. The summed E-state index contributed by atoms with van der Waals surface area (Å²) in [6, 6.07) is 7.95. The Morgan fingerprint density at radius 2 is 2.25 bits per heavy atom. The van der Waals surface area contributed by atoms with Crippen LogP contribution in [0.15, 0.2) is 24.3 Å². The molecule has 0 saturated carbocycles. The first-order valence-electron chi connectivity index (χ1n) is 7.48. The maximum atomic E-state index is 12.7. The fourth-order valence-electron chi connectivity index (χ4n) is 3.09.